The fraction of sp³-hybridized carbons (Fsp3) is 0.717. The number of allylic oxidation sites excluding steroid dienone is 10. The average Bonchev–Trinajstić information content (AvgIpc) is 3.15. The predicted molar refractivity (Wildman–Crippen MR) is 234 cm³/mol. The number of unbranched alkanes of at least 4 members (excludes halogenated alkanes) is 14. The first-order valence-electron chi connectivity index (χ1n) is 21.8. The summed E-state index contributed by atoms with van der Waals surface area (Å²) in [6, 6.07) is 0. The fourth-order valence-corrected chi connectivity index (χ4v) is 6.14. The molecule has 56 heavy (non-hydrogen) atoms. The Morgan fingerprint density at radius 3 is 1.88 bits per heavy atom. The van der Waals surface area contributed by atoms with Crippen LogP contribution in [-0.4, -0.2) is 80.2 Å². The van der Waals surface area contributed by atoms with Gasteiger partial charge >= 0.3 is 13.8 Å². The zero-order valence-electron chi connectivity index (χ0n) is 36.2. The van der Waals surface area contributed by atoms with Crippen LogP contribution < -0.4 is 0 Å². The maximum absolute atomic E-state index is 12.5. The molecule has 0 aliphatic rings. The number of aliphatic hydroxyl groups excluding tert-OH is 1. The Bertz CT molecular complexity index is 1140. The number of phosphoric acid groups is 1. The molecule has 0 aliphatic heterocycles. The molecule has 10 heteroatoms. The Balaban J connectivity index is 4.46. The second-order valence-corrected chi connectivity index (χ2v) is 17.1. The van der Waals surface area contributed by atoms with Crippen molar-refractivity contribution in [1.29, 1.82) is 0 Å². The molecular weight excluding hydrogens is 725 g/mol. The maximum atomic E-state index is 12.5. The molecule has 9 nitrogen and oxygen atoms in total. The van der Waals surface area contributed by atoms with Crippen molar-refractivity contribution < 1.29 is 42.4 Å². The molecule has 0 rings (SSSR count). The van der Waals surface area contributed by atoms with Crippen molar-refractivity contribution in [3.05, 3.63) is 73.1 Å². The lowest BCUT2D eigenvalue weighted by atomic mass is 10.1. The Hall–Kier alpha value is -2.26. The number of nitrogens with zero attached hydrogens (tertiary/aromatic N) is 1. The van der Waals surface area contributed by atoms with Crippen molar-refractivity contribution in [3.8, 4) is 0 Å². The largest absolute Gasteiger partial charge is 0.492 e. The zero-order valence-corrected chi connectivity index (χ0v) is 37.1. The molecule has 0 aromatic heterocycles. The van der Waals surface area contributed by atoms with Crippen LogP contribution in [0.4, 0.5) is 0 Å². The van der Waals surface area contributed by atoms with Crippen molar-refractivity contribution in [2.75, 3.05) is 47.5 Å². The normalized spacial score (nSPS) is 15.0. The molecule has 0 saturated carbocycles. The van der Waals surface area contributed by atoms with E-state index in [0.29, 0.717) is 17.4 Å². The van der Waals surface area contributed by atoms with Crippen LogP contribution in [-0.2, 0) is 27.9 Å². The molecule has 1 unspecified atom stereocenters. The summed E-state index contributed by atoms with van der Waals surface area (Å²) in [5.41, 5.74) is 0. The number of likely N-dealkylation sites (N-methyl/N-ethyl adjacent to an activating group) is 1. The molecule has 324 valence electrons. The molecule has 0 heterocycles. The van der Waals surface area contributed by atoms with E-state index in [4.69, 9.17) is 18.5 Å². The van der Waals surface area contributed by atoms with E-state index in [0.717, 1.165) is 70.6 Å². The summed E-state index contributed by atoms with van der Waals surface area (Å²) in [4.78, 5) is 22.6. The highest BCUT2D eigenvalue weighted by Gasteiger charge is 2.25. The van der Waals surface area contributed by atoms with Gasteiger partial charge in [0, 0.05) is 6.42 Å². The number of hydrogen-bond donors (Lipinski definition) is 2. The van der Waals surface area contributed by atoms with E-state index < -0.39 is 13.9 Å². The molecule has 3 atom stereocenters. The van der Waals surface area contributed by atoms with Crippen LogP contribution >= 0.6 is 7.82 Å². The van der Waals surface area contributed by atoms with Crippen LogP contribution in [0, 0.1) is 0 Å². The van der Waals surface area contributed by atoms with Crippen molar-refractivity contribution in [2.45, 2.75) is 167 Å². The average molecular weight is 809 g/mol. The van der Waals surface area contributed by atoms with E-state index in [1.807, 2.05) is 45.4 Å². The number of ether oxygens (including phenoxy) is 2. The van der Waals surface area contributed by atoms with Crippen molar-refractivity contribution in [2.24, 2.45) is 0 Å². The van der Waals surface area contributed by atoms with E-state index in [-0.39, 0.29) is 38.3 Å². The van der Waals surface area contributed by atoms with Crippen molar-refractivity contribution >= 4 is 13.8 Å². The Labute approximate surface area is 343 Å². The third-order valence-electron chi connectivity index (χ3n) is 8.93. The smallest absolute Gasteiger partial charge is 0.472 e. The number of carbonyl (C=O) groups is 1. The molecule has 0 aliphatic carbocycles. The summed E-state index contributed by atoms with van der Waals surface area (Å²) in [6.45, 7) is 4.67. The number of aliphatic hydroxyl groups is 1. The van der Waals surface area contributed by atoms with Crippen LogP contribution in [0.25, 0.3) is 0 Å². The monoisotopic (exact) mass is 809 g/mol. The van der Waals surface area contributed by atoms with E-state index in [9.17, 15) is 19.4 Å². The molecule has 0 bridgehead atoms. The van der Waals surface area contributed by atoms with Gasteiger partial charge in [0.15, 0.2) is 6.10 Å². The van der Waals surface area contributed by atoms with Crippen LogP contribution in [0.5, 0.6) is 0 Å². The van der Waals surface area contributed by atoms with Crippen LogP contribution in [0.3, 0.4) is 0 Å². The zero-order chi connectivity index (χ0) is 41.4. The molecule has 0 amide bonds. The van der Waals surface area contributed by atoms with Gasteiger partial charge in [0.2, 0.25) is 0 Å². The minimum absolute atomic E-state index is 0.0683. The number of esters is 1. The first-order chi connectivity index (χ1) is 27.0. The van der Waals surface area contributed by atoms with E-state index in [2.05, 4.69) is 56.4 Å². The lowest BCUT2D eigenvalue weighted by Crippen LogP contribution is -2.37. The van der Waals surface area contributed by atoms with Crippen LogP contribution in [0.2, 0.25) is 0 Å². The molecule has 0 radical (unpaired) electrons. The Kier molecular flexibility index (Phi) is 36.7. The molecule has 0 saturated heterocycles. The van der Waals surface area contributed by atoms with Gasteiger partial charge in [-0.2, -0.15) is 0 Å². The van der Waals surface area contributed by atoms with Gasteiger partial charge in [-0.3, -0.25) is 13.8 Å². The Morgan fingerprint density at radius 2 is 1.21 bits per heavy atom. The van der Waals surface area contributed by atoms with Gasteiger partial charge in [-0.05, 0) is 76.7 Å². The van der Waals surface area contributed by atoms with Gasteiger partial charge in [-0.25, -0.2) is 4.57 Å². The van der Waals surface area contributed by atoms with Gasteiger partial charge in [-0.1, -0.05) is 139 Å². The van der Waals surface area contributed by atoms with E-state index >= 15 is 0 Å². The third kappa shape index (κ3) is 41.4. The van der Waals surface area contributed by atoms with Crippen LogP contribution in [0.1, 0.15) is 155 Å². The van der Waals surface area contributed by atoms with Gasteiger partial charge in [-0.15, -0.1) is 0 Å². The molecule has 2 N–H and O–H groups in total. The first-order valence-corrected chi connectivity index (χ1v) is 23.3. The topological polar surface area (TPSA) is 112 Å². The van der Waals surface area contributed by atoms with E-state index in [1.165, 1.54) is 57.8 Å². The summed E-state index contributed by atoms with van der Waals surface area (Å²) in [5.74, 6) is -0.353. The third-order valence-corrected chi connectivity index (χ3v) is 9.92. The van der Waals surface area contributed by atoms with Crippen LogP contribution in [0.15, 0.2) is 73.1 Å². The maximum Gasteiger partial charge on any atom is 0.472 e. The highest BCUT2D eigenvalue weighted by molar-refractivity contribution is 7.47. The molecule has 0 spiro atoms. The number of rotatable bonds is 39. The standard InChI is InChI=1S/C46H82NO8P/c1-6-8-10-11-12-13-14-15-16-17-18-22-25-28-31-35-40-52-45(43-55-56(50,51)54-41-39-47(3,4)5)42-53-46(49)38-34-30-27-24-21-19-20-23-26-29-33-37-44(48)36-32-9-7-2/h15-16,19-20,24,26-27,29,33,35,37,40,44-45,48H,6-14,17-18,21-23,25,28,30-32,34,36,38-39,41-43H2,1-5H3/p+1/b16-15-,20-19-,27-24-,29-26-,37-33+,40-35+/t44-,45-/m1/s1. The number of hydrogen-bond acceptors (Lipinski definition) is 7. The van der Waals surface area contributed by atoms with Gasteiger partial charge in [0.25, 0.3) is 0 Å². The highest BCUT2D eigenvalue weighted by Crippen LogP contribution is 2.43. The predicted octanol–water partition coefficient (Wildman–Crippen LogP) is 12.0. The number of quaternary nitrogens is 1. The summed E-state index contributed by atoms with van der Waals surface area (Å²) in [5, 5.41) is 9.90. The van der Waals surface area contributed by atoms with Crippen molar-refractivity contribution in [3.63, 3.8) is 0 Å². The van der Waals surface area contributed by atoms with Gasteiger partial charge < -0.3 is 24.0 Å². The summed E-state index contributed by atoms with van der Waals surface area (Å²) in [7, 11) is 1.60. The summed E-state index contributed by atoms with van der Waals surface area (Å²) >= 11 is 0. The summed E-state index contributed by atoms with van der Waals surface area (Å²) < 4.78 is 34.6. The molecule has 0 aromatic carbocycles. The van der Waals surface area contributed by atoms with Gasteiger partial charge in [0.05, 0.1) is 40.1 Å². The minimum Gasteiger partial charge on any atom is -0.492 e. The summed E-state index contributed by atoms with van der Waals surface area (Å²) in [6.07, 6.45) is 46.5. The fourth-order valence-electron chi connectivity index (χ4n) is 5.40. The van der Waals surface area contributed by atoms with Gasteiger partial charge in [0.1, 0.15) is 19.8 Å². The molecular formula is C46H83NO8P+. The minimum atomic E-state index is -4.29. The highest BCUT2D eigenvalue weighted by atomic mass is 31.2. The molecule has 0 fully saturated rings. The second-order valence-electron chi connectivity index (χ2n) is 15.6. The lowest BCUT2D eigenvalue weighted by molar-refractivity contribution is -0.870. The number of carbonyl (C=O) groups excluding carboxylic acids is 1. The Morgan fingerprint density at radius 1 is 0.661 bits per heavy atom. The van der Waals surface area contributed by atoms with E-state index in [1.54, 1.807) is 6.26 Å². The first kappa shape index (κ1) is 53.7. The molecule has 0 aromatic rings. The quantitative estimate of drug-likeness (QED) is 0.0120. The number of phosphoric ester groups is 1. The SMILES string of the molecule is CCCCCCCC/C=C\CCCCCC/C=C/O[C@H](COC(=O)CCC/C=C\C/C=C\C/C=C\C=C\[C@H](O)CCCCC)COP(=O)(O)OCC[N+](C)(C)C. The second kappa shape index (κ2) is 38.3. The van der Waals surface area contributed by atoms with Crippen molar-refractivity contribution in [1.82, 2.24) is 0 Å². The lowest BCUT2D eigenvalue weighted by Gasteiger charge is -2.24.